The Morgan fingerprint density at radius 3 is 1.50 bits per heavy atom. The monoisotopic (exact) mass is 1390 g/mol. The highest BCUT2D eigenvalue weighted by Crippen LogP contribution is 2.44. The molecule has 12 atom stereocenters. The number of fused-ring (bicyclic) bond motifs is 4. The average Bonchev–Trinajstić information content (AvgIpc) is 1.60. The van der Waals surface area contributed by atoms with Crippen LogP contribution >= 0.6 is 0 Å². The van der Waals surface area contributed by atoms with Crippen molar-refractivity contribution in [3.05, 3.63) is 123 Å². The maximum atomic E-state index is 14.5. The smallest absolute Gasteiger partial charge is 0.416 e. The van der Waals surface area contributed by atoms with Gasteiger partial charge in [-0.05, 0) is 119 Å². The van der Waals surface area contributed by atoms with E-state index in [4.69, 9.17) is 58.5 Å². The molecule has 29 heteroatoms. The molecule has 4 aromatic rings. The zero-order valence-electron chi connectivity index (χ0n) is 56.0. The lowest BCUT2D eigenvalue weighted by Gasteiger charge is -2.35. The van der Waals surface area contributed by atoms with Crippen LogP contribution in [0.4, 0.5) is 21.0 Å². The molecule has 100 heavy (non-hydrogen) atoms. The fraction of sp³-hybridized carbons (Fsp3) is 0.493. The Morgan fingerprint density at radius 1 is 0.550 bits per heavy atom. The third-order valence-electron chi connectivity index (χ3n) is 17.9. The summed E-state index contributed by atoms with van der Waals surface area (Å²) in [7, 11) is 2.88. The van der Waals surface area contributed by atoms with E-state index in [9.17, 15) is 69.6 Å². The molecule has 29 nitrogen and oxygen atoms in total. The number of ketones is 2. The summed E-state index contributed by atoms with van der Waals surface area (Å²) >= 11 is 0. The van der Waals surface area contributed by atoms with E-state index in [2.05, 4.69) is 5.92 Å². The molecular weight excluding hydrogens is 1310 g/mol. The van der Waals surface area contributed by atoms with Crippen LogP contribution in [0.1, 0.15) is 130 Å². The molecule has 10 rings (SSSR count). The number of amides is 4. The first-order chi connectivity index (χ1) is 48.0. The van der Waals surface area contributed by atoms with E-state index in [-0.39, 0.29) is 141 Å². The SMILES string of the molecule is C#CCOCCCC(=O)c1cc(COC(=O)N2c3cc(OCCCCCOc4cc5c(cc4OC)C(=O)N4C=C(C)C[C@H]4C(O)N5C(=O)OCc4ccc(O[C@@H]5OC[C@@H](O)[C@H](O)[C@H]5O)c(C(=O)CCCOC)c4)c(C)cc3C(=O)N3C=C(C)C[C@H]3C2O)ccc1O[C@@H]1OC[C@@H](O)[C@H](O)[C@H]1O. The van der Waals surface area contributed by atoms with Gasteiger partial charge in [-0.1, -0.05) is 29.2 Å². The second-order valence-corrected chi connectivity index (χ2v) is 25.2. The van der Waals surface area contributed by atoms with E-state index >= 15 is 0 Å². The highest BCUT2D eigenvalue weighted by Gasteiger charge is 2.48. The number of aliphatic hydroxyl groups excluding tert-OH is 8. The lowest BCUT2D eigenvalue weighted by atomic mass is 10.0. The van der Waals surface area contributed by atoms with Crippen molar-refractivity contribution in [1.29, 1.82) is 0 Å². The second kappa shape index (κ2) is 33.2. The van der Waals surface area contributed by atoms with Gasteiger partial charge in [0.25, 0.3) is 11.8 Å². The number of rotatable bonds is 28. The predicted molar refractivity (Wildman–Crippen MR) is 351 cm³/mol. The summed E-state index contributed by atoms with van der Waals surface area (Å²) in [5.74, 6) is 1.08. The molecule has 6 aliphatic rings. The Hall–Kier alpha value is -8.74. The molecule has 0 aromatic heterocycles. The van der Waals surface area contributed by atoms with Crippen molar-refractivity contribution < 1.29 is 122 Å². The second-order valence-electron chi connectivity index (χ2n) is 25.2. The number of aryl methyl sites for hydroxylation is 1. The minimum absolute atomic E-state index is 0.00600. The van der Waals surface area contributed by atoms with E-state index in [1.54, 1.807) is 39.2 Å². The molecule has 0 radical (unpaired) electrons. The van der Waals surface area contributed by atoms with Crippen LogP contribution in [0.5, 0.6) is 28.7 Å². The van der Waals surface area contributed by atoms with Crippen molar-refractivity contribution in [2.24, 2.45) is 0 Å². The summed E-state index contributed by atoms with van der Waals surface area (Å²) in [6.45, 7) is 4.50. The highest BCUT2D eigenvalue weighted by atomic mass is 16.7. The molecule has 2 saturated heterocycles. The van der Waals surface area contributed by atoms with Gasteiger partial charge in [-0.15, -0.1) is 6.42 Å². The topological polar surface area (TPSA) is 379 Å². The first kappa shape index (κ1) is 74.0. The number of terminal acetylenes is 1. The number of nitrogens with zero attached hydrogens (tertiary/aromatic N) is 4. The number of hydrogen-bond donors (Lipinski definition) is 8. The van der Waals surface area contributed by atoms with Gasteiger partial charge in [-0.25, -0.2) is 19.4 Å². The Balaban J connectivity index is 0.809. The quantitative estimate of drug-likeness (QED) is 0.0217. The van der Waals surface area contributed by atoms with Crippen LogP contribution in [0.3, 0.4) is 0 Å². The first-order valence-corrected chi connectivity index (χ1v) is 32.9. The maximum absolute atomic E-state index is 14.5. The first-order valence-electron chi connectivity index (χ1n) is 32.9. The fourth-order valence-electron chi connectivity index (χ4n) is 12.5. The van der Waals surface area contributed by atoms with Crippen LogP contribution in [-0.2, 0) is 41.6 Å². The summed E-state index contributed by atoms with van der Waals surface area (Å²) in [5, 5.41) is 86.0. The standard InChI is InChI=1S/C71H84N4O25/c1-7-19-92-21-12-14-52(77)46-28-42(16-18-56(46)100-69-63(83)61(81)54(79)37-96-69)34-97-70(88)74-47-30-57(40(4)26-43(47)64(84)72-32-38(2)24-49(72)66(74)86)93-22-9-8-10-23-94-59-31-48-44(29-58(59)91-6)65(85)73-33-39(3)25-50(73)67(87)75(48)71(89)98-35-41-15-17-55(45(27-41)51(76)13-11-20-90-5)99-68-62(82)60(80)53(78)36-95-68/h1,15-18,26-33,49-50,53-54,60-63,66-69,78-83,86-87H,8-14,19-25,34-37H2,2-6H3/t49-,50-,53+,54+,60-,61-,62+,63+,66?,67?,68-,69-/m0/s1. The van der Waals surface area contributed by atoms with E-state index < -0.39 is 117 Å². The Kier molecular flexibility index (Phi) is 24.5. The number of ether oxygens (including phenoxy) is 11. The van der Waals surface area contributed by atoms with Crippen LogP contribution in [0.15, 0.2) is 84.2 Å². The molecule has 2 fully saturated rings. The van der Waals surface area contributed by atoms with Crippen molar-refractivity contribution in [3.63, 3.8) is 0 Å². The highest BCUT2D eigenvalue weighted by molar-refractivity contribution is 6.08. The molecule has 6 aliphatic heterocycles. The number of anilines is 2. The summed E-state index contributed by atoms with van der Waals surface area (Å²) < 4.78 is 63.1. The third kappa shape index (κ3) is 16.5. The van der Waals surface area contributed by atoms with Gasteiger partial charge in [0, 0.05) is 57.7 Å². The van der Waals surface area contributed by atoms with Gasteiger partial charge in [0.15, 0.2) is 35.5 Å². The van der Waals surface area contributed by atoms with E-state index in [1.165, 1.54) is 78.6 Å². The Bertz CT molecular complexity index is 3780. The van der Waals surface area contributed by atoms with Crippen molar-refractivity contribution in [3.8, 4) is 41.1 Å². The van der Waals surface area contributed by atoms with Gasteiger partial charge in [0.2, 0.25) is 12.6 Å². The number of aliphatic hydroxyl groups is 8. The zero-order chi connectivity index (χ0) is 71.6. The summed E-state index contributed by atoms with van der Waals surface area (Å²) in [5.41, 5.74) is 2.84. The molecule has 4 aromatic carbocycles. The van der Waals surface area contributed by atoms with Crippen molar-refractivity contribution in [2.45, 2.75) is 166 Å². The minimum atomic E-state index is -1.67. The number of hydrogen-bond acceptors (Lipinski definition) is 25. The van der Waals surface area contributed by atoms with Gasteiger partial charge in [-0.2, -0.15) is 0 Å². The molecule has 0 bridgehead atoms. The number of carbonyl (C=O) groups is 6. The summed E-state index contributed by atoms with van der Waals surface area (Å²) in [4.78, 5) is 89.8. The van der Waals surface area contributed by atoms with Gasteiger partial charge in [-0.3, -0.25) is 19.2 Å². The van der Waals surface area contributed by atoms with Crippen LogP contribution in [-0.4, -0.2) is 220 Å². The lowest BCUT2D eigenvalue weighted by Crippen LogP contribution is -2.54. The normalized spacial score (nSPS) is 24.7. The number of benzene rings is 4. The fourth-order valence-corrected chi connectivity index (χ4v) is 12.5. The third-order valence-corrected chi connectivity index (χ3v) is 17.9. The molecule has 4 amide bonds. The molecule has 0 saturated carbocycles. The molecule has 538 valence electrons. The number of Topliss-reactive ketones (excluding diaryl/α,β-unsaturated/α-hetero) is 2. The maximum Gasteiger partial charge on any atom is 0.416 e. The van der Waals surface area contributed by atoms with Gasteiger partial charge >= 0.3 is 12.2 Å². The molecule has 0 aliphatic carbocycles. The number of carbonyl (C=O) groups excluding carboxylic acids is 6. The molecule has 2 unspecified atom stereocenters. The predicted octanol–water partition coefficient (Wildman–Crippen LogP) is 4.68. The van der Waals surface area contributed by atoms with Gasteiger partial charge < -0.3 is 103 Å². The van der Waals surface area contributed by atoms with E-state index in [0.29, 0.717) is 48.1 Å². The average molecular weight is 1390 g/mol. The van der Waals surface area contributed by atoms with Gasteiger partial charge in [0.05, 0.1) is 79.2 Å². The van der Waals surface area contributed by atoms with Crippen molar-refractivity contribution >= 4 is 46.9 Å². The molecule has 8 N–H and O–H groups in total. The minimum Gasteiger partial charge on any atom is -0.493 e. The Morgan fingerprint density at radius 2 is 1.02 bits per heavy atom. The van der Waals surface area contributed by atoms with Crippen LogP contribution < -0.4 is 33.5 Å². The summed E-state index contributed by atoms with van der Waals surface area (Å²) in [6.07, 6.45) is -6.41. The molecular formula is C71H84N4O25. The van der Waals surface area contributed by atoms with E-state index in [1.807, 2.05) is 0 Å². The van der Waals surface area contributed by atoms with Crippen molar-refractivity contribution in [2.75, 3.05) is 70.3 Å². The largest absolute Gasteiger partial charge is 0.493 e. The Labute approximate surface area is 576 Å². The van der Waals surface area contributed by atoms with E-state index in [0.717, 1.165) is 20.9 Å². The zero-order valence-corrected chi connectivity index (χ0v) is 56.0. The number of unbranched alkanes of at least 4 members (excludes halogenated alkanes) is 2. The van der Waals surface area contributed by atoms with Gasteiger partial charge in [0.1, 0.15) is 73.7 Å². The summed E-state index contributed by atoms with van der Waals surface area (Å²) in [6, 6.07) is 12.8. The van der Waals surface area contributed by atoms with Crippen LogP contribution in [0, 0.1) is 19.3 Å². The lowest BCUT2D eigenvalue weighted by molar-refractivity contribution is -0.242. The molecule has 0 spiro atoms. The van der Waals surface area contributed by atoms with Crippen LogP contribution in [0.2, 0.25) is 0 Å². The number of methoxy groups -OCH3 is 2. The van der Waals surface area contributed by atoms with Crippen LogP contribution in [0.25, 0.3) is 0 Å². The van der Waals surface area contributed by atoms with Crippen molar-refractivity contribution in [1.82, 2.24) is 9.80 Å². The molecule has 6 heterocycles.